The van der Waals surface area contributed by atoms with Crippen molar-refractivity contribution in [2.24, 2.45) is 5.92 Å². The first-order valence-electron chi connectivity index (χ1n) is 8.48. The SMILES string of the molecule is Cc1ccc(OCc2nc(C)c(C(=O)N3CCCC(C)C3)s2)cc1. The van der Waals surface area contributed by atoms with E-state index < -0.39 is 0 Å². The zero-order valence-electron chi connectivity index (χ0n) is 14.5. The maximum Gasteiger partial charge on any atom is 0.265 e. The summed E-state index contributed by atoms with van der Waals surface area (Å²) < 4.78 is 5.78. The molecule has 1 aliphatic rings. The second kappa shape index (κ2) is 7.34. The van der Waals surface area contributed by atoms with Gasteiger partial charge in [0.2, 0.25) is 0 Å². The van der Waals surface area contributed by atoms with Crippen LogP contribution in [-0.2, 0) is 6.61 Å². The first-order chi connectivity index (χ1) is 11.5. The van der Waals surface area contributed by atoms with Crippen LogP contribution in [0.15, 0.2) is 24.3 Å². The maximum absolute atomic E-state index is 12.7. The highest BCUT2D eigenvalue weighted by Gasteiger charge is 2.25. The number of carbonyl (C=O) groups excluding carboxylic acids is 1. The Labute approximate surface area is 147 Å². The van der Waals surface area contributed by atoms with E-state index in [2.05, 4.69) is 11.9 Å². The lowest BCUT2D eigenvalue weighted by Crippen LogP contribution is -2.39. The van der Waals surface area contributed by atoms with Crippen molar-refractivity contribution < 1.29 is 9.53 Å². The van der Waals surface area contributed by atoms with Gasteiger partial charge in [-0.2, -0.15) is 0 Å². The highest BCUT2D eigenvalue weighted by atomic mass is 32.1. The number of aryl methyl sites for hydroxylation is 2. The van der Waals surface area contributed by atoms with Crippen LogP contribution in [0.2, 0.25) is 0 Å². The molecule has 1 aromatic heterocycles. The summed E-state index contributed by atoms with van der Waals surface area (Å²) in [7, 11) is 0. The van der Waals surface area contributed by atoms with Gasteiger partial charge >= 0.3 is 0 Å². The smallest absolute Gasteiger partial charge is 0.265 e. The number of rotatable bonds is 4. The van der Waals surface area contributed by atoms with Gasteiger partial charge in [0.15, 0.2) is 0 Å². The molecule has 4 nitrogen and oxygen atoms in total. The fourth-order valence-corrected chi connectivity index (χ4v) is 3.96. The van der Waals surface area contributed by atoms with Gasteiger partial charge in [-0.15, -0.1) is 11.3 Å². The third-order valence-electron chi connectivity index (χ3n) is 4.36. The Morgan fingerprint density at radius 3 is 2.79 bits per heavy atom. The van der Waals surface area contributed by atoms with Gasteiger partial charge in [-0.1, -0.05) is 24.6 Å². The number of carbonyl (C=O) groups is 1. The van der Waals surface area contributed by atoms with Crippen LogP contribution < -0.4 is 4.74 Å². The predicted molar refractivity (Wildman–Crippen MR) is 96.7 cm³/mol. The number of amides is 1. The molecule has 128 valence electrons. The molecule has 0 spiro atoms. The number of ether oxygens (including phenoxy) is 1. The molecular formula is C19H24N2O2S. The molecule has 24 heavy (non-hydrogen) atoms. The maximum atomic E-state index is 12.7. The van der Waals surface area contributed by atoms with Crippen molar-refractivity contribution in [1.29, 1.82) is 0 Å². The normalized spacial score (nSPS) is 17.8. The van der Waals surface area contributed by atoms with E-state index in [1.54, 1.807) is 0 Å². The van der Waals surface area contributed by atoms with Gasteiger partial charge in [-0.05, 0) is 44.7 Å². The van der Waals surface area contributed by atoms with E-state index in [1.807, 2.05) is 43.0 Å². The van der Waals surface area contributed by atoms with Crippen molar-refractivity contribution in [2.45, 2.75) is 40.2 Å². The van der Waals surface area contributed by atoms with Crippen molar-refractivity contribution in [3.05, 3.63) is 45.4 Å². The summed E-state index contributed by atoms with van der Waals surface area (Å²) >= 11 is 1.46. The van der Waals surface area contributed by atoms with Gasteiger partial charge in [0.25, 0.3) is 5.91 Å². The molecule has 0 radical (unpaired) electrons. The topological polar surface area (TPSA) is 42.4 Å². The molecule has 0 bridgehead atoms. The highest BCUT2D eigenvalue weighted by molar-refractivity contribution is 7.13. The lowest BCUT2D eigenvalue weighted by Gasteiger charge is -2.30. The molecule has 0 saturated carbocycles. The molecular weight excluding hydrogens is 320 g/mol. The number of nitrogens with zero attached hydrogens (tertiary/aromatic N) is 2. The van der Waals surface area contributed by atoms with Crippen LogP contribution in [0.1, 0.15) is 45.7 Å². The number of likely N-dealkylation sites (tertiary alicyclic amines) is 1. The molecule has 1 unspecified atom stereocenters. The first-order valence-corrected chi connectivity index (χ1v) is 9.29. The fourth-order valence-electron chi connectivity index (χ4n) is 3.01. The first kappa shape index (κ1) is 17.0. The number of hydrogen-bond acceptors (Lipinski definition) is 4. The van der Waals surface area contributed by atoms with E-state index in [0.29, 0.717) is 12.5 Å². The number of piperidine rings is 1. The van der Waals surface area contributed by atoms with Gasteiger partial charge in [0.05, 0.1) is 5.69 Å². The molecule has 1 aromatic carbocycles. The summed E-state index contributed by atoms with van der Waals surface area (Å²) in [4.78, 5) is 20.0. The van der Waals surface area contributed by atoms with Gasteiger partial charge in [0.1, 0.15) is 22.2 Å². The predicted octanol–water partition coefficient (Wildman–Crippen LogP) is 4.21. The van der Waals surface area contributed by atoms with E-state index in [1.165, 1.54) is 23.3 Å². The Hall–Kier alpha value is -1.88. The van der Waals surface area contributed by atoms with Crippen LogP contribution in [0.4, 0.5) is 0 Å². The van der Waals surface area contributed by atoms with E-state index >= 15 is 0 Å². The molecule has 1 aliphatic heterocycles. The van der Waals surface area contributed by atoms with Crippen molar-refractivity contribution in [3.63, 3.8) is 0 Å². The van der Waals surface area contributed by atoms with E-state index in [-0.39, 0.29) is 5.91 Å². The average molecular weight is 344 g/mol. The average Bonchev–Trinajstić information content (AvgIpc) is 2.94. The molecule has 1 atom stereocenters. The molecule has 2 aromatic rings. The molecule has 5 heteroatoms. The largest absolute Gasteiger partial charge is 0.486 e. The third kappa shape index (κ3) is 3.96. The van der Waals surface area contributed by atoms with E-state index in [0.717, 1.165) is 40.8 Å². The summed E-state index contributed by atoms with van der Waals surface area (Å²) in [5.41, 5.74) is 2.02. The Morgan fingerprint density at radius 1 is 1.33 bits per heavy atom. The number of hydrogen-bond donors (Lipinski definition) is 0. The summed E-state index contributed by atoms with van der Waals surface area (Å²) in [5, 5.41) is 0.849. The summed E-state index contributed by atoms with van der Waals surface area (Å²) in [6, 6.07) is 7.96. The van der Waals surface area contributed by atoms with Crippen molar-refractivity contribution in [3.8, 4) is 5.75 Å². The summed E-state index contributed by atoms with van der Waals surface area (Å²) in [5.74, 6) is 1.53. The Morgan fingerprint density at radius 2 is 2.08 bits per heavy atom. The van der Waals surface area contributed by atoms with Crippen molar-refractivity contribution in [2.75, 3.05) is 13.1 Å². The van der Waals surface area contributed by atoms with Crippen LogP contribution in [-0.4, -0.2) is 28.9 Å². The minimum Gasteiger partial charge on any atom is -0.486 e. The van der Waals surface area contributed by atoms with Crippen molar-refractivity contribution >= 4 is 17.2 Å². The quantitative estimate of drug-likeness (QED) is 0.834. The second-order valence-corrected chi connectivity index (χ2v) is 7.71. The molecule has 3 rings (SSSR count). The minimum atomic E-state index is 0.123. The second-order valence-electron chi connectivity index (χ2n) is 6.62. The minimum absolute atomic E-state index is 0.123. The number of aromatic nitrogens is 1. The van der Waals surface area contributed by atoms with Crippen LogP contribution in [0.25, 0.3) is 0 Å². The van der Waals surface area contributed by atoms with Crippen molar-refractivity contribution in [1.82, 2.24) is 9.88 Å². The highest BCUT2D eigenvalue weighted by Crippen LogP contribution is 2.24. The zero-order valence-corrected chi connectivity index (χ0v) is 15.4. The summed E-state index contributed by atoms with van der Waals surface area (Å²) in [6.07, 6.45) is 2.30. The number of thiazole rings is 1. The van der Waals surface area contributed by atoms with Gasteiger partial charge in [0, 0.05) is 13.1 Å². The van der Waals surface area contributed by atoms with Gasteiger partial charge in [-0.3, -0.25) is 4.79 Å². The Bertz CT molecular complexity index is 709. The molecule has 2 heterocycles. The molecule has 0 N–H and O–H groups in total. The number of benzene rings is 1. The van der Waals surface area contributed by atoms with E-state index in [9.17, 15) is 4.79 Å². The zero-order chi connectivity index (χ0) is 17.1. The molecule has 1 saturated heterocycles. The van der Waals surface area contributed by atoms with Crippen LogP contribution >= 0.6 is 11.3 Å². The fraction of sp³-hybridized carbons (Fsp3) is 0.474. The third-order valence-corrected chi connectivity index (χ3v) is 5.48. The Balaban J connectivity index is 1.66. The van der Waals surface area contributed by atoms with Crippen LogP contribution in [0, 0.1) is 19.8 Å². The van der Waals surface area contributed by atoms with Gasteiger partial charge < -0.3 is 9.64 Å². The lowest BCUT2D eigenvalue weighted by molar-refractivity contribution is 0.0687. The summed E-state index contributed by atoms with van der Waals surface area (Å²) in [6.45, 7) is 8.28. The standard InChI is InChI=1S/C19H24N2O2S/c1-13-6-8-16(9-7-13)23-12-17-20-15(3)18(24-17)19(22)21-10-4-5-14(2)11-21/h6-9,14H,4-5,10-12H2,1-3H3. The monoisotopic (exact) mass is 344 g/mol. The molecule has 1 fully saturated rings. The molecule has 1 amide bonds. The van der Waals surface area contributed by atoms with Gasteiger partial charge in [-0.25, -0.2) is 4.98 Å². The Kier molecular flexibility index (Phi) is 5.19. The van der Waals surface area contributed by atoms with Crippen LogP contribution in [0.5, 0.6) is 5.75 Å². The van der Waals surface area contributed by atoms with Crippen LogP contribution in [0.3, 0.4) is 0 Å². The molecule has 0 aliphatic carbocycles. The van der Waals surface area contributed by atoms with E-state index in [4.69, 9.17) is 4.74 Å². The lowest BCUT2D eigenvalue weighted by atomic mass is 10.0.